The van der Waals surface area contributed by atoms with Gasteiger partial charge in [-0.3, -0.25) is 4.79 Å². The molecule has 2 fully saturated rings. The predicted octanol–water partition coefficient (Wildman–Crippen LogP) is 6.62. The van der Waals surface area contributed by atoms with Crippen molar-refractivity contribution in [1.29, 1.82) is 0 Å². The van der Waals surface area contributed by atoms with Crippen LogP contribution in [0.3, 0.4) is 0 Å². The first-order chi connectivity index (χ1) is 18.5. The van der Waals surface area contributed by atoms with E-state index >= 15 is 0 Å². The Balaban J connectivity index is 0.000000225. The van der Waals surface area contributed by atoms with Gasteiger partial charge in [-0.1, -0.05) is 80.6 Å². The zero-order valence-electron chi connectivity index (χ0n) is 23.3. The summed E-state index contributed by atoms with van der Waals surface area (Å²) in [5, 5.41) is 0. The molecule has 0 bridgehead atoms. The van der Waals surface area contributed by atoms with Crippen LogP contribution in [0.2, 0.25) is 0 Å². The highest BCUT2D eigenvalue weighted by Gasteiger charge is 2.28. The number of likely N-dealkylation sites (tertiary alicyclic amines) is 2. The van der Waals surface area contributed by atoms with Gasteiger partial charge in [-0.25, -0.2) is 4.79 Å². The first-order valence-electron chi connectivity index (χ1n) is 13.8. The SMILES string of the molecule is CC.CN1CCC(c2ccccc2)CC1.COC(=O)c1cccc(C(=O)N2CC[C@@H](c3ccccc3)C2)c1. The summed E-state index contributed by atoms with van der Waals surface area (Å²) in [4.78, 5) is 28.5. The quantitative estimate of drug-likeness (QED) is 0.367. The maximum Gasteiger partial charge on any atom is 0.337 e. The number of ether oxygens (including phenoxy) is 1. The molecule has 0 aliphatic carbocycles. The van der Waals surface area contributed by atoms with E-state index in [1.807, 2.05) is 36.9 Å². The minimum atomic E-state index is -0.428. The van der Waals surface area contributed by atoms with E-state index in [-0.39, 0.29) is 5.91 Å². The second-order valence-corrected chi connectivity index (χ2v) is 9.71. The van der Waals surface area contributed by atoms with Crippen molar-refractivity contribution in [2.75, 3.05) is 40.3 Å². The Labute approximate surface area is 228 Å². The highest BCUT2D eigenvalue weighted by Crippen LogP contribution is 2.28. The zero-order valence-corrected chi connectivity index (χ0v) is 23.3. The van der Waals surface area contributed by atoms with Crippen LogP contribution in [-0.2, 0) is 4.74 Å². The molecule has 5 nitrogen and oxygen atoms in total. The van der Waals surface area contributed by atoms with Crippen molar-refractivity contribution in [3.63, 3.8) is 0 Å². The highest BCUT2D eigenvalue weighted by atomic mass is 16.5. The topological polar surface area (TPSA) is 49.9 Å². The summed E-state index contributed by atoms with van der Waals surface area (Å²) in [6.45, 7) is 7.95. The van der Waals surface area contributed by atoms with Crippen molar-refractivity contribution >= 4 is 11.9 Å². The van der Waals surface area contributed by atoms with Crippen LogP contribution in [0, 0.1) is 0 Å². The fraction of sp³-hybridized carbons (Fsp3) is 0.394. The van der Waals surface area contributed by atoms with Crippen LogP contribution in [0.15, 0.2) is 84.9 Å². The van der Waals surface area contributed by atoms with E-state index in [9.17, 15) is 9.59 Å². The van der Waals surface area contributed by atoms with Crippen molar-refractivity contribution in [3.05, 3.63) is 107 Å². The summed E-state index contributed by atoms with van der Waals surface area (Å²) < 4.78 is 4.71. The summed E-state index contributed by atoms with van der Waals surface area (Å²) in [7, 11) is 3.54. The monoisotopic (exact) mass is 514 g/mol. The van der Waals surface area contributed by atoms with Crippen LogP contribution >= 0.6 is 0 Å². The van der Waals surface area contributed by atoms with Crippen LogP contribution in [0.4, 0.5) is 0 Å². The normalized spacial score (nSPS) is 17.5. The molecular formula is C33H42N2O3. The highest BCUT2D eigenvalue weighted by molar-refractivity contribution is 5.98. The maximum absolute atomic E-state index is 12.7. The molecule has 2 saturated heterocycles. The molecule has 0 spiro atoms. The summed E-state index contributed by atoms with van der Waals surface area (Å²) in [5.41, 5.74) is 3.72. The lowest BCUT2D eigenvalue weighted by atomic mass is 9.90. The first kappa shape index (κ1) is 29.1. The number of methoxy groups -OCH3 is 1. The molecule has 2 aliphatic heterocycles. The summed E-state index contributed by atoms with van der Waals surface area (Å²) in [6, 6.07) is 27.9. The van der Waals surface area contributed by atoms with E-state index in [0.29, 0.717) is 23.6 Å². The van der Waals surface area contributed by atoms with Crippen molar-refractivity contribution in [1.82, 2.24) is 9.80 Å². The molecule has 0 radical (unpaired) electrons. The van der Waals surface area contributed by atoms with Gasteiger partial charge in [0.1, 0.15) is 0 Å². The molecule has 0 saturated carbocycles. The van der Waals surface area contributed by atoms with Gasteiger partial charge in [0.15, 0.2) is 0 Å². The van der Waals surface area contributed by atoms with E-state index in [1.54, 1.807) is 24.3 Å². The Kier molecular flexibility index (Phi) is 11.6. The Hall–Kier alpha value is -3.44. The van der Waals surface area contributed by atoms with Gasteiger partial charge >= 0.3 is 5.97 Å². The zero-order chi connectivity index (χ0) is 27.3. The third-order valence-electron chi connectivity index (χ3n) is 7.27. The standard InChI is InChI=1S/C19H19NO3.C12H17N.C2H6/c1-23-19(22)16-9-5-8-15(12-16)18(21)20-11-10-17(13-20)14-6-3-2-4-7-14;1-13-9-7-12(8-10-13)11-5-3-2-4-6-11;1-2/h2-9,12,17H,10-11,13H2,1H3;2-6,12H,7-10H2,1H3;1-2H3/t17-;;/m1../s1. The summed E-state index contributed by atoms with van der Waals surface area (Å²) >= 11 is 0. The van der Waals surface area contributed by atoms with E-state index in [4.69, 9.17) is 4.74 Å². The Morgan fingerprint density at radius 2 is 1.24 bits per heavy atom. The van der Waals surface area contributed by atoms with Crippen molar-refractivity contribution in [2.24, 2.45) is 0 Å². The molecule has 2 aliphatic rings. The molecule has 3 aromatic carbocycles. The fourth-order valence-corrected chi connectivity index (χ4v) is 5.09. The molecule has 5 rings (SSSR count). The Morgan fingerprint density at radius 1 is 0.711 bits per heavy atom. The molecule has 1 atom stereocenters. The van der Waals surface area contributed by atoms with Gasteiger partial charge in [0, 0.05) is 24.6 Å². The van der Waals surface area contributed by atoms with Gasteiger partial charge in [0.25, 0.3) is 5.91 Å². The van der Waals surface area contributed by atoms with Gasteiger partial charge < -0.3 is 14.5 Å². The Bertz CT molecular complexity index is 1130. The van der Waals surface area contributed by atoms with Gasteiger partial charge in [0.2, 0.25) is 0 Å². The van der Waals surface area contributed by atoms with Crippen molar-refractivity contribution in [2.45, 2.75) is 44.9 Å². The smallest absolute Gasteiger partial charge is 0.337 e. The number of amides is 1. The Morgan fingerprint density at radius 3 is 1.82 bits per heavy atom. The van der Waals surface area contributed by atoms with Crippen LogP contribution in [0.25, 0.3) is 0 Å². The molecule has 0 aromatic heterocycles. The van der Waals surface area contributed by atoms with Crippen LogP contribution < -0.4 is 0 Å². The summed E-state index contributed by atoms with van der Waals surface area (Å²) in [6.07, 6.45) is 3.60. The number of carbonyl (C=O) groups excluding carboxylic acids is 2. The lowest BCUT2D eigenvalue weighted by Crippen LogP contribution is -2.29. The van der Waals surface area contributed by atoms with Crippen molar-refractivity contribution in [3.8, 4) is 0 Å². The number of piperidine rings is 1. The van der Waals surface area contributed by atoms with E-state index in [2.05, 4.69) is 54.4 Å². The number of rotatable bonds is 4. The first-order valence-corrected chi connectivity index (χ1v) is 13.8. The van der Waals surface area contributed by atoms with E-state index < -0.39 is 5.97 Å². The molecule has 5 heteroatoms. The number of nitrogens with zero attached hydrogens (tertiary/aromatic N) is 2. The second kappa shape index (κ2) is 15.1. The molecule has 2 heterocycles. The summed E-state index contributed by atoms with van der Waals surface area (Å²) in [5.74, 6) is 0.721. The minimum absolute atomic E-state index is 0.0332. The van der Waals surface area contributed by atoms with Gasteiger partial charge in [-0.2, -0.15) is 0 Å². The van der Waals surface area contributed by atoms with Gasteiger partial charge in [-0.15, -0.1) is 0 Å². The molecular weight excluding hydrogens is 472 g/mol. The number of hydrogen-bond acceptors (Lipinski definition) is 4. The molecule has 1 amide bonds. The third kappa shape index (κ3) is 8.03. The molecule has 0 N–H and O–H groups in total. The average molecular weight is 515 g/mol. The number of esters is 1. The lowest BCUT2D eigenvalue weighted by Gasteiger charge is -2.29. The lowest BCUT2D eigenvalue weighted by molar-refractivity contribution is 0.0600. The molecule has 38 heavy (non-hydrogen) atoms. The maximum atomic E-state index is 12.7. The number of hydrogen-bond donors (Lipinski definition) is 0. The second-order valence-electron chi connectivity index (χ2n) is 9.71. The van der Waals surface area contributed by atoms with Crippen molar-refractivity contribution < 1.29 is 14.3 Å². The largest absolute Gasteiger partial charge is 0.465 e. The van der Waals surface area contributed by atoms with Crippen LogP contribution in [-0.4, -0.2) is 62.0 Å². The number of benzene rings is 3. The predicted molar refractivity (Wildman–Crippen MR) is 155 cm³/mol. The third-order valence-corrected chi connectivity index (χ3v) is 7.27. The fourth-order valence-electron chi connectivity index (χ4n) is 5.09. The molecule has 3 aromatic rings. The molecule has 0 unspecified atom stereocenters. The minimum Gasteiger partial charge on any atom is -0.465 e. The average Bonchev–Trinajstić information content (AvgIpc) is 3.50. The van der Waals surface area contributed by atoms with E-state index in [1.165, 1.54) is 44.2 Å². The van der Waals surface area contributed by atoms with Crippen LogP contribution in [0.5, 0.6) is 0 Å². The van der Waals surface area contributed by atoms with Gasteiger partial charge in [0.05, 0.1) is 12.7 Å². The molecule has 202 valence electrons. The van der Waals surface area contributed by atoms with Crippen LogP contribution in [0.1, 0.15) is 76.8 Å². The van der Waals surface area contributed by atoms with E-state index in [0.717, 1.165) is 18.9 Å². The number of carbonyl (C=O) groups is 2. The van der Waals surface area contributed by atoms with Gasteiger partial charge in [-0.05, 0) is 74.6 Å².